The van der Waals surface area contributed by atoms with E-state index in [1.165, 1.54) is 0 Å². The summed E-state index contributed by atoms with van der Waals surface area (Å²) in [5.74, 6) is 0.636. The van der Waals surface area contributed by atoms with Crippen molar-refractivity contribution in [3.63, 3.8) is 0 Å². The fourth-order valence-corrected chi connectivity index (χ4v) is 1.84. The second-order valence-corrected chi connectivity index (χ2v) is 4.98. The van der Waals surface area contributed by atoms with Gasteiger partial charge < -0.3 is 15.2 Å². The van der Waals surface area contributed by atoms with E-state index in [1.54, 1.807) is 7.11 Å². The summed E-state index contributed by atoms with van der Waals surface area (Å²) < 4.78 is 5.13. The number of nitrogens with one attached hydrogen (secondary N) is 1. The van der Waals surface area contributed by atoms with Gasteiger partial charge in [-0.1, -0.05) is 20.8 Å². The second-order valence-electron chi connectivity index (χ2n) is 4.98. The van der Waals surface area contributed by atoms with E-state index in [0.717, 1.165) is 39.2 Å². The first-order valence-corrected chi connectivity index (χ1v) is 6.69. The molecule has 0 heterocycles. The summed E-state index contributed by atoms with van der Waals surface area (Å²) in [5, 5.41) is 12.7. The highest BCUT2D eigenvalue weighted by Gasteiger charge is 2.13. The lowest BCUT2D eigenvalue weighted by molar-refractivity contribution is 0.120. The number of nitrogens with zero attached hydrogens (tertiary/aromatic N) is 1. The molecule has 0 aromatic carbocycles. The van der Waals surface area contributed by atoms with E-state index < -0.39 is 0 Å². The first kappa shape index (κ1) is 16.8. The second kappa shape index (κ2) is 11.0. The van der Waals surface area contributed by atoms with Crippen molar-refractivity contribution < 1.29 is 9.84 Å². The molecule has 0 aromatic heterocycles. The Labute approximate surface area is 106 Å². The van der Waals surface area contributed by atoms with E-state index in [1.807, 2.05) is 0 Å². The van der Waals surface area contributed by atoms with E-state index in [0.29, 0.717) is 5.92 Å². The normalized spacial score (nSPS) is 13.6. The molecule has 4 nitrogen and oxygen atoms in total. The minimum Gasteiger partial charge on any atom is -0.395 e. The highest BCUT2D eigenvalue weighted by atomic mass is 16.5. The molecule has 0 aliphatic rings. The Balaban J connectivity index is 4.06. The summed E-state index contributed by atoms with van der Waals surface area (Å²) >= 11 is 0. The number of rotatable bonds is 11. The molecule has 0 aliphatic carbocycles. The molecule has 1 atom stereocenters. The summed E-state index contributed by atoms with van der Waals surface area (Å²) in [5.41, 5.74) is 0. The highest BCUT2D eigenvalue weighted by molar-refractivity contribution is 4.72. The molecule has 0 spiro atoms. The molecule has 1 unspecified atom stereocenters. The molecule has 0 radical (unpaired) electrons. The zero-order chi connectivity index (χ0) is 13.1. The molecule has 0 aromatic rings. The topological polar surface area (TPSA) is 44.7 Å². The predicted octanol–water partition coefficient (Wildman–Crippen LogP) is 0.951. The van der Waals surface area contributed by atoms with Crippen LogP contribution < -0.4 is 5.32 Å². The SMILES string of the molecule is CCCNC(CO)CN(CCOC)CC(C)C. The maximum absolute atomic E-state index is 9.34. The Hall–Kier alpha value is -0.160. The lowest BCUT2D eigenvalue weighted by Crippen LogP contribution is -2.45. The fraction of sp³-hybridized carbons (Fsp3) is 1.00. The Morgan fingerprint density at radius 3 is 2.47 bits per heavy atom. The van der Waals surface area contributed by atoms with Crippen LogP contribution in [0.3, 0.4) is 0 Å². The summed E-state index contributed by atoms with van der Waals surface area (Å²) in [6, 6.07) is 0.172. The summed E-state index contributed by atoms with van der Waals surface area (Å²) in [7, 11) is 1.73. The van der Waals surface area contributed by atoms with Crippen LogP contribution in [0.1, 0.15) is 27.2 Å². The van der Waals surface area contributed by atoms with Crippen molar-refractivity contribution in [2.75, 3.05) is 46.5 Å². The van der Waals surface area contributed by atoms with Crippen LogP contribution in [0.2, 0.25) is 0 Å². The van der Waals surface area contributed by atoms with Gasteiger partial charge in [0.1, 0.15) is 0 Å². The zero-order valence-electron chi connectivity index (χ0n) is 11.9. The van der Waals surface area contributed by atoms with Crippen molar-refractivity contribution in [3.8, 4) is 0 Å². The average Bonchev–Trinajstić information content (AvgIpc) is 2.30. The van der Waals surface area contributed by atoms with Gasteiger partial charge in [-0.15, -0.1) is 0 Å². The standard InChI is InChI=1S/C13H30N2O2/c1-5-6-14-13(11-16)10-15(7-8-17-4)9-12(2)3/h12-14,16H,5-11H2,1-4H3. The van der Waals surface area contributed by atoms with E-state index >= 15 is 0 Å². The quantitative estimate of drug-likeness (QED) is 0.570. The molecule has 0 saturated heterocycles. The molecule has 0 bridgehead atoms. The third-order valence-electron chi connectivity index (χ3n) is 2.62. The Kier molecular flexibility index (Phi) is 10.9. The van der Waals surface area contributed by atoms with Crippen LogP contribution >= 0.6 is 0 Å². The monoisotopic (exact) mass is 246 g/mol. The molecule has 0 rings (SSSR count). The molecule has 4 heteroatoms. The van der Waals surface area contributed by atoms with Crippen molar-refractivity contribution in [2.45, 2.75) is 33.2 Å². The molecule has 0 aliphatic heterocycles. The Morgan fingerprint density at radius 1 is 1.29 bits per heavy atom. The number of aliphatic hydroxyl groups excluding tert-OH is 1. The third-order valence-corrected chi connectivity index (χ3v) is 2.62. The van der Waals surface area contributed by atoms with Crippen molar-refractivity contribution in [1.29, 1.82) is 0 Å². The van der Waals surface area contributed by atoms with Gasteiger partial charge in [0, 0.05) is 32.8 Å². The van der Waals surface area contributed by atoms with Crippen LogP contribution in [0, 0.1) is 5.92 Å². The molecule has 17 heavy (non-hydrogen) atoms. The highest BCUT2D eigenvalue weighted by Crippen LogP contribution is 2.00. The van der Waals surface area contributed by atoms with Crippen LogP contribution in [0.25, 0.3) is 0 Å². The fourth-order valence-electron chi connectivity index (χ4n) is 1.84. The van der Waals surface area contributed by atoms with Gasteiger partial charge in [-0.3, -0.25) is 4.90 Å². The van der Waals surface area contributed by atoms with E-state index in [2.05, 4.69) is 31.0 Å². The molecular formula is C13H30N2O2. The lowest BCUT2D eigenvalue weighted by Gasteiger charge is -2.28. The van der Waals surface area contributed by atoms with Crippen LogP contribution in [-0.2, 0) is 4.74 Å². The van der Waals surface area contributed by atoms with Gasteiger partial charge in [-0.2, -0.15) is 0 Å². The Morgan fingerprint density at radius 2 is 2.00 bits per heavy atom. The smallest absolute Gasteiger partial charge is 0.0597 e. The number of aliphatic hydroxyl groups is 1. The van der Waals surface area contributed by atoms with E-state index in [-0.39, 0.29) is 12.6 Å². The average molecular weight is 246 g/mol. The maximum atomic E-state index is 9.34. The van der Waals surface area contributed by atoms with Crippen LogP contribution in [0.4, 0.5) is 0 Å². The minimum atomic E-state index is 0.172. The van der Waals surface area contributed by atoms with Gasteiger partial charge in [0.25, 0.3) is 0 Å². The van der Waals surface area contributed by atoms with Crippen molar-refractivity contribution in [2.24, 2.45) is 5.92 Å². The van der Waals surface area contributed by atoms with E-state index in [4.69, 9.17) is 4.74 Å². The maximum Gasteiger partial charge on any atom is 0.0597 e. The van der Waals surface area contributed by atoms with Crippen molar-refractivity contribution >= 4 is 0 Å². The lowest BCUT2D eigenvalue weighted by atomic mass is 10.2. The van der Waals surface area contributed by atoms with Crippen molar-refractivity contribution in [1.82, 2.24) is 10.2 Å². The van der Waals surface area contributed by atoms with Crippen molar-refractivity contribution in [3.05, 3.63) is 0 Å². The first-order valence-electron chi connectivity index (χ1n) is 6.69. The number of methoxy groups -OCH3 is 1. The number of ether oxygens (including phenoxy) is 1. The molecular weight excluding hydrogens is 216 g/mol. The van der Waals surface area contributed by atoms with Crippen LogP contribution in [-0.4, -0.2) is 62.6 Å². The number of hydrogen-bond acceptors (Lipinski definition) is 4. The first-order chi connectivity index (χ1) is 8.13. The largest absolute Gasteiger partial charge is 0.395 e. The minimum absolute atomic E-state index is 0.172. The van der Waals surface area contributed by atoms with Gasteiger partial charge in [0.05, 0.1) is 13.2 Å². The van der Waals surface area contributed by atoms with Gasteiger partial charge in [0.2, 0.25) is 0 Å². The predicted molar refractivity (Wildman–Crippen MR) is 72.3 cm³/mol. The molecule has 2 N–H and O–H groups in total. The van der Waals surface area contributed by atoms with Gasteiger partial charge in [-0.25, -0.2) is 0 Å². The zero-order valence-corrected chi connectivity index (χ0v) is 11.9. The van der Waals surface area contributed by atoms with Gasteiger partial charge in [0.15, 0.2) is 0 Å². The van der Waals surface area contributed by atoms with Gasteiger partial charge in [-0.05, 0) is 18.9 Å². The number of hydrogen-bond donors (Lipinski definition) is 2. The summed E-state index contributed by atoms with van der Waals surface area (Å²) in [4.78, 5) is 2.36. The summed E-state index contributed by atoms with van der Waals surface area (Å²) in [6.45, 7) is 11.3. The summed E-state index contributed by atoms with van der Waals surface area (Å²) in [6.07, 6.45) is 1.10. The van der Waals surface area contributed by atoms with Gasteiger partial charge >= 0.3 is 0 Å². The molecule has 0 amide bonds. The molecule has 0 fully saturated rings. The van der Waals surface area contributed by atoms with Crippen LogP contribution in [0.5, 0.6) is 0 Å². The Bertz CT molecular complexity index is 165. The third kappa shape index (κ3) is 9.53. The molecule has 104 valence electrons. The molecule has 0 saturated carbocycles. The van der Waals surface area contributed by atoms with Crippen LogP contribution in [0.15, 0.2) is 0 Å². The van der Waals surface area contributed by atoms with E-state index in [9.17, 15) is 5.11 Å².